The van der Waals surface area contributed by atoms with E-state index in [1.54, 1.807) is 4.90 Å². The number of aryl methyl sites for hydroxylation is 2. The average molecular weight is 318 g/mol. The Hall–Kier alpha value is -1.88. The lowest BCUT2D eigenvalue weighted by Gasteiger charge is -2.35. The molecule has 1 atom stereocenters. The molecule has 0 spiro atoms. The Morgan fingerprint density at radius 2 is 1.87 bits per heavy atom. The number of carbonyl (C=O) groups excluding carboxylic acids is 2. The van der Waals surface area contributed by atoms with Gasteiger partial charge in [0.15, 0.2) is 0 Å². The van der Waals surface area contributed by atoms with Gasteiger partial charge >= 0.3 is 0 Å². The maximum atomic E-state index is 12.4. The third-order valence-corrected chi connectivity index (χ3v) is 4.22. The van der Waals surface area contributed by atoms with Crippen LogP contribution in [0.5, 0.6) is 0 Å². The smallest absolute Gasteiger partial charge is 0.252 e. The normalized spacial score (nSPS) is 16.6. The molecular formula is C18H26N2O3. The van der Waals surface area contributed by atoms with Gasteiger partial charge < -0.3 is 14.5 Å². The predicted molar refractivity (Wildman–Crippen MR) is 89.0 cm³/mol. The Morgan fingerprint density at radius 3 is 2.39 bits per heavy atom. The number of nitrogens with zero attached hydrogens (tertiary/aromatic N) is 2. The second-order valence-electron chi connectivity index (χ2n) is 6.20. The average Bonchev–Trinajstić information content (AvgIpc) is 2.49. The molecule has 1 saturated heterocycles. The van der Waals surface area contributed by atoms with Crippen LogP contribution in [0.3, 0.4) is 0 Å². The number of hydrogen-bond donors (Lipinski definition) is 0. The molecule has 1 aromatic carbocycles. The molecule has 126 valence electrons. The molecule has 2 amide bonds. The van der Waals surface area contributed by atoms with Crippen LogP contribution in [0.1, 0.15) is 30.0 Å². The minimum absolute atomic E-state index is 0.00489. The molecule has 1 aliphatic rings. The number of benzene rings is 1. The van der Waals surface area contributed by atoms with Gasteiger partial charge in [0.25, 0.3) is 5.91 Å². The van der Waals surface area contributed by atoms with E-state index >= 15 is 0 Å². The van der Waals surface area contributed by atoms with Crippen LogP contribution in [0.15, 0.2) is 18.2 Å². The van der Waals surface area contributed by atoms with E-state index in [-0.39, 0.29) is 18.4 Å². The molecule has 1 aliphatic heterocycles. The van der Waals surface area contributed by atoms with Crippen LogP contribution in [0.25, 0.3) is 0 Å². The summed E-state index contributed by atoms with van der Waals surface area (Å²) in [5.74, 6) is -0.0934. The van der Waals surface area contributed by atoms with Crippen molar-refractivity contribution in [2.24, 2.45) is 0 Å². The van der Waals surface area contributed by atoms with E-state index < -0.39 is 6.10 Å². The highest BCUT2D eigenvalue weighted by molar-refractivity contribution is 5.88. The first-order chi connectivity index (χ1) is 10.9. The number of methoxy groups -OCH3 is 1. The molecule has 1 fully saturated rings. The standard InChI is InChI=1S/C18H26N2O3/c1-5-16(23-4)18(22)20-7-6-19(17(21)12-20)11-15-9-13(2)8-14(3)10-15/h8-10,16H,5-7,11-12H2,1-4H3. The molecular weight excluding hydrogens is 292 g/mol. The summed E-state index contributed by atoms with van der Waals surface area (Å²) in [6.07, 6.45) is 0.167. The fourth-order valence-corrected chi connectivity index (χ4v) is 3.09. The number of carbonyl (C=O) groups is 2. The maximum Gasteiger partial charge on any atom is 0.252 e. The lowest BCUT2D eigenvalue weighted by molar-refractivity contribution is -0.151. The van der Waals surface area contributed by atoms with Gasteiger partial charge in [-0.05, 0) is 25.8 Å². The molecule has 0 aromatic heterocycles. The van der Waals surface area contributed by atoms with Crippen molar-refractivity contribution in [3.05, 3.63) is 34.9 Å². The van der Waals surface area contributed by atoms with Crippen LogP contribution < -0.4 is 0 Å². The molecule has 2 rings (SSSR count). The van der Waals surface area contributed by atoms with Gasteiger partial charge in [-0.3, -0.25) is 9.59 Å². The van der Waals surface area contributed by atoms with Crippen LogP contribution >= 0.6 is 0 Å². The molecule has 0 bridgehead atoms. The van der Waals surface area contributed by atoms with Crippen LogP contribution in [-0.2, 0) is 20.9 Å². The third-order valence-electron chi connectivity index (χ3n) is 4.22. The summed E-state index contributed by atoms with van der Waals surface area (Å²) in [5, 5.41) is 0. The minimum atomic E-state index is -0.450. The first-order valence-electron chi connectivity index (χ1n) is 8.11. The van der Waals surface area contributed by atoms with Gasteiger partial charge in [0.05, 0.1) is 6.54 Å². The summed E-state index contributed by atoms with van der Waals surface area (Å²) in [4.78, 5) is 28.1. The van der Waals surface area contributed by atoms with Crippen LogP contribution in [0, 0.1) is 13.8 Å². The zero-order valence-corrected chi connectivity index (χ0v) is 14.5. The van der Waals surface area contributed by atoms with Crippen molar-refractivity contribution in [1.29, 1.82) is 0 Å². The lowest BCUT2D eigenvalue weighted by Crippen LogP contribution is -2.54. The van der Waals surface area contributed by atoms with E-state index in [4.69, 9.17) is 4.74 Å². The Balaban J connectivity index is 1.99. The number of piperazine rings is 1. The summed E-state index contributed by atoms with van der Waals surface area (Å²) in [7, 11) is 1.53. The predicted octanol–water partition coefficient (Wildman–Crippen LogP) is 1.90. The fraction of sp³-hybridized carbons (Fsp3) is 0.556. The molecule has 1 aromatic rings. The lowest BCUT2D eigenvalue weighted by atomic mass is 10.1. The van der Waals surface area contributed by atoms with Gasteiger partial charge in [0.2, 0.25) is 5.91 Å². The molecule has 0 N–H and O–H groups in total. The van der Waals surface area contributed by atoms with Crippen molar-refractivity contribution in [1.82, 2.24) is 9.80 Å². The van der Waals surface area contributed by atoms with Crippen molar-refractivity contribution in [2.45, 2.75) is 39.8 Å². The van der Waals surface area contributed by atoms with E-state index in [1.807, 2.05) is 11.8 Å². The molecule has 0 aliphatic carbocycles. The van der Waals surface area contributed by atoms with E-state index in [0.717, 1.165) is 5.56 Å². The molecule has 5 heteroatoms. The summed E-state index contributed by atoms with van der Waals surface area (Å²) in [5.41, 5.74) is 3.54. The van der Waals surface area contributed by atoms with Gasteiger partial charge in [0.1, 0.15) is 6.10 Å². The molecule has 0 saturated carbocycles. The van der Waals surface area contributed by atoms with E-state index in [0.29, 0.717) is 26.1 Å². The Kier molecular flexibility index (Phi) is 5.77. The van der Waals surface area contributed by atoms with Crippen LogP contribution in [-0.4, -0.2) is 54.5 Å². The highest BCUT2D eigenvalue weighted by Crippen LogP contribution is 2.15. The minimum Gasteiger partial charge on any atom is -0.372 e. The zero-order chi connectivity index (χ0) is 17.0. The fourth-order valence-electron chi connectivity index (χ4n) is 3.09. The molecule has 23 heavy (non-hydrogen) atoms. The molecule has 5 nitrogen and oxygen atoms in total. The SMILES string of the molecule is CCC(OC)C(=O)N1CCN(Cc2cc(C)cc(C)c2)C(=O)C1. The van der Waals surface area contributed by atoms with E-state index in [1.165, 1.54) is 18.2 Å². The highest BCUT2D eigenvalue weighted by atomic mass is 16.5. The van der Waals surface area contributed by atoms with Gasteiger partial charge in [-0.15, -0.1) is 0 Å². The molecule has 0 radical (unpaired) electrons. The number of ether oxygens (including phenoxy) is 1. The largest absolute Gasteiger partial charge is 0.372 e. The second kappa shape index (κ2) is 7.59. The van der Waals surface area contributed by atoms with Crippen LogP contribution in [0.2, 0.25) is 0 Å². The number of amides is 2. The van der Waals surface area contributed by atoms with Gasteiger partial charge in [0, 0.05) is 26.7 Å². The van der Waals surface area contributed by atoms with Crippen molar-refractivity contribution in [3.8, 4) is 0 Å². The Labute approximate surface area is 138 Å². The van der Waals surface area contributed by atoms with Gasteiger partial charge in [-0.1, -0.05) is 36.2 Å². The van der Waals surface area contributed by atoms with E-state index in [9.17, 15) is 9.59 Å². The monoisotopic (exact) mass is 318 g/mol. The first kappa shape index (κ1) is 17.5. The first-order valence-corrected chi connectivity index (χ1v) is 8.11. The maximum absolute atomic E-state index is 12.4. The van der Waals surface area contributed by atoms with Crippen molar-refractivity contribution in [3.63, 3.8) is 0 Å². The third kappa shape index (κ3) is 4.32. The highest BCUT2D eigenvalue weighted by Gasteiger charge is 2.30. The van der Waals surface area contributed by atoms with Crippen molar-refractivity contribution in [2.75, 3.05) is 26.7 Å². The van der Waals surface area contributed by atoms with Crippen LogP contribution in [0.4, 0.5) is 0 Å². The van der Waals surface area contributed by atoms with E-state index in [2.05, 4.69) is 32.0 Å². The zero-order valence-electron chi connectivity index (χ0n) is 14.5. The Morgan fingerprint density at radius 1 is 1.22 bits per heavy atom. The van der Waals surface area contributed by atoms with Crippen molar-refractivity contribution >= 4 is 11.8 Å². The molecule has 1 heterocycles. The summed E-state index contributed by atoms with van der Waals surface area (Å²) < 4.78 is 5.18. The molecule has 1 unspecified atom stereocenters. The Bertz CT molecular complexity index is 561. The summed E-state index contributed by atoms with van der Waals surface area (Å²) in [6, 6.07) is 6.34. The second-order valence-corrected chi connectivity index (χ2v) is 6.20. The summed E-state index contributed by atoms with van der Waals surface area (Å²) >= 11 is 0. The van der Waals surface area contributed by atoms with Gasteiger partial charge in [-0.2, -0.15) is 0 Å². The summed E-state index contributed by atoms with van der Waals surface area (Å²) in [6.45, 7) is 7.90. The van der Waals surface area contributed by atoms with Crippen molar-refractivity contribution < 1.29 is 14.3 Å². The number of hydrogen-bond acceptors (Lipinski definition) is 3. The quantitative estimate of drug-likeness (QED) is 0.833. The number of rotatable bonds is 5. The van der Waals surface area contributed by atoms with Gasteiger partial charge in [-0.25, -0.2) is 0 Å². The topological polar surface area (TPSA) is 49.9 Å².